The van der Waals surface area contributed by atoms with Crippen molar-refractivity contribution in [1.29, 1.82) is 0 Å². The van der Waals surface area contributed by atoms with Crippen LogP contribution in [0.2, 0.25) is 0 Å². The van der Waals surface area contributed by atoms with Crippen molar-refractivity contribution in [2.45, 2.75) is 12.5 Å². The van der Waals surface area contributed by atoms with Crippen molar-refractivity contribution in [1.82, 2.24) is 4.90 Å². The van der Waals surface area contributed by atoms with Crippen LogP contribution in [0, 0.1) is 5.92 Å². The first-order valence-electron chi connectivity index (χ1n) is 4.65. The number of aliphatic imine (C=N–C) groups is 1. The van der Waals surface area contributed by atoms with Crippen LogP contribution >= 0.6 is 0 Å². The van der Waals surface area contributed by atoms with Gasteiger partial charge in [0.1, 0.15) is 0 Å². The fraction of sp³-hybridized carbons (Fsp3) is 0.400. The molecule has 0 aromatic carbocycles. The Labute approximate surface area is 82.2 Å². The zero-order valence-electron chi connectivity index (χ0n) is 7.71. The summed E-state index contributed by atoms with van der Waals surface area (Å²) in [5.41, 5.74) is 0. The van der Waals surface area contributed by atoms with E-state index in [1.807, 2.05) is 12.2 Å². The third kappa shape index (κ3) is 1.69. The molecule has 0 bridgehead atoms. The van der Waals surface area contributed by atoms with Gasteiger partial charge in [-0.1, -0.05) is 12.2 Å². The normalized spacial score (nSPS) is 29.9. The third-order valence-electron chi connectivity index (χ3n) is 2.54. The molecule has 0 aliphatic carbocycles. The van der Waals surface area contributed by atoms with E-state index in [1.165, 1.54) is 4.90 Å². The molecule has 2 unspecified atom stereocenters. The summed E-state index contributed by atoms with van der Waals surface area (Å²) in [7, 11) is 0. The second-order valence-electron chi connectivity index (χ2n) is 3.43. The summed E-state index contributed by atoms with van der Waals surface area (Å²) < 4.78 is 0. The molecule has 0 spiro atoms. The van der Waals surface area contributed by atoms with Crippen molar-refractivity contribution in [2.24, 2.45) is 10.9 Å². The summed E-state index contributed by atoms with van der Waals surface area (Å²) in [5, 5.41) is 8.82. The predicted molar refractivity (Wildman–Crippen MR) is 53.4 cm³/mol. The second-order valence-corrected chi connectivity index (χ2v) is 3.43. The molecule has 4 heteroatoms. The van der Waals surface area contributed by atoms with Crippen LogP contribution in [0.1, 0.15) is 6.42 Å². The molecule has 1 amide bonds. The number of fused-ring (bicyclic) bond motifs is 1. The minimum atomic E-state index is -0.896. The number of allylic oxidation sites excluding steroid dienone is 1. The lowest BCUT2D eigenvalue weighted by atomic mass is 9.96. The molecule has 0 saturated heterocycles. The van der Waals surface area contributed by atoms with E-state index in [0.29, 0.717) is 6.54 Å². The van der Waals surface area contributed by atoms with Crippen LogP contribution < -0.4 is 0 Å². The molecule has 4 nitrogen and oxygen atoms in total. The SMILES string of the molecule is O=C(O)N1C=CC2C=CC=NC2CC1. The van der Waals surface area contributed by atoms with Gasteiger partial charge in [-0.15, -0.1) is 0 Å². The number of amides is 1. The van der Waals surface area contributed by atoms with E-state index < -0.39 is 6.09 Å². The number of nitrogens with zero attached hydrogens (tertiary/aromatic N) is 2. The lowest BCUT2D eigenvalue weighted by molar-refractivity contribution is 0.162. The minimum absolute atomic E-state index is 0.209. The Morgan fingerprint density at radius 2 is 2.36 bits per heavy atom. The molecule has 2 aliphatic rings. The highest BCUT2D eigenvalue weighted by atomic mass is 16.4. The van der Waals surface area contributed by atoms with E-state index in [4.69, 9.17) is 5.11 Å². The maximum Gasteiger partial charge on any atom is 0.411 e. The largest absolute Gasteiger partial charge is 0.465 e. The summed E-state index contributed by atoms with van der Waals surface area (Å²) in [4.78, 5) is 16.4. The van der Waals surface area contributed by atoms with Crippen LogP contribution in [-0.2, 0) is 0 Å². The second kappa shape index (κ2) is 3.65. The first kappa shape index (κ1) is 8.99. The van der Waals surface area contributed by atoms with Crippen LogP contribution in [0.4, 0.5) is 4.79 Å². The van der Waals surface area contributed by atoms with Gasteiger partial charge in [0.25, 0.3) is 0 Å². The van der Waals surface area contributed by atoms with E-state index in [0.717, 1.165) is 6.42 Å². The van der Waals surface area contributed by atoms with E-state index in [1.54, 1.807) is 12.4 Å². The number of rotatable bonds is 0. The molecule has 0 aromatic rings. The molecule has 2 heterocycles. The maximum atomic E-state index is 10.7. The van der Waals surface area contributed by atoms with Crippen LogP contribution in [0.5, 0.6) is 0 Å². The van der Waals surface area contributed by atoms with Gasteiger partial charge in [0, 0.05) is 24.9 Å². The topological polar surface area (TPSA) is 52.9 Å². The molecule has 0 radical (unpaired) electrons. The van der Waals surface area contributed by atoms with Crippen LogP contribution in [0.3, 0.4) is 0 Å². The monoisotopic (exact) mass is 192 g/mol. The van der Waals surface area contributed by atoms with Crippen molar-refractivity contribution in [3.8, 4) is 0 Å². The minimum Gasteiger partial charge on any atom is -0.465 e. The van der Waals surface area contributed by atoms with Gasteiger partial charge < -0.3 is 5.11 Å². The Morgan fingerprint density at radius 1 is 1.50 bits per heavy atom. The quantitative estimate of drug-likeness (QED) is 0.632. The van der Waals surface area contributed by atoms with Crippen molar-refractivity contribution in [3.05, 3.63) is 24.4 Å². The van der Waals surface area contributed by atoms with Crippen molar-refractivity contribution >= 4 is 12.3 Å². The van der Waals surface area contributed by atoms with E-state index >= 15 is 0 Å². The molecular formula is C10H12N2O2. The number of hydrogen-bond donors (Lipinski definition) is 1. The highest BCUT2D eigenvalue weighted by molar-refractivity contribution is 5.72. The molecular weight excluding hydrogens is 180 g/mol. The average molecular weight is 192 g/mol. The van der Waals surface area contributed by atoms with Gasteiger partial charge in [0.05, 0.1) is 6.04 Å². The number of carbonyl (C=O) groups is 1. The van der Waals surface area contributed by atoms with Crippen LogP contribution in [-0.4, -0.2) is 34.9 Å². The highest BCUT2D eigenvalue weighted by Gasteiger charge is 2.22. The van der Waals surface area contributed by atoms with Gasteiger partial charge >= 0.3 is 6.09 Å². The number of hydrogen-bond acceptors (Lipinski definition) is 2. The standard InChI is InChI=1S/C10H12N2O2/c13-10(14)12-6-3-8-2-1-5-11-9(8)4-7-12/h1-3,5-6,8-9H,4,7H2,(H,13,14). The fourth-order valence-electron chi connectivity index (χ4n) is 1.73. The third-order valence-corrected chi connectivity index (χ3v) is 2.54. The molecule has 2 atom stereocenters. The molecule has 14 heavy (non-hydrogen) atoms. The van der Waals surface area contributed by atoms with Crippen molar-refractivity contribution in [2.75, 3.05) is 6.54 Å². The molecule has 0 saturated carbocycles. The Hall–Kier alpha value is -1.58. The zero-order valence-corrected chi connectivity index (χ0v) is 7.71. The number of carboxylic acid groups (broad SMARTS) is 1. The van der Waals surface area contributed by atoms with Gasteiger partial charge in [-0.3, -0.25) is 9.89 Å². The summed E-state index contributed by atoms with van der Waals surface area (Å²) in [6.07, 6.45) is 9.17. The van der Waals surface area contributed by atoms with Gasteiger partial charge in [-0.05, 0) is 12.5 Å². The molecule has 74 valence electrons. The molecule has 0 aromatic heterocycles. The Balaban J connectivity index is 2.13. The van der Waals surface area contributed by atoms with E-state index in [-0.39, 0.29) is 12.0 Å². The zero-order chi connectivity index (χ0) is 9.97. The predicted octanol–water partition coefficient (Wildman–Crippen LogP) is 1.51. The fourth-order valence-corrected chi connectivity index (χ4v) is 1.73. The Bertz CT molecular complexity index is 320. The van der Waals surface area contributed by atoms with Crippen molar-refractivity contribution in [3.63, 3.8) is 0 Å². The first-order valence-corrected chi connectivity index (χ1v) is 4.65. The highest BCUT2D eigenvalue weighted by Crippen LogP contribution is 2.21. The Morgan fingerprint density at radius 3 is 3.14 bits per heavy atom. The summed E-state index contributed by atoms with van der Waals surface area (Å²) in [5.74, 6) is 0.254. The molecule has 0 fully saturated rings. The van der Waals surface area contributed by atoms with Gasteiger partial charge in [0.2, 0.25) is 0 Å². The summed E-state index contributed by atoms with van der Waals surface area (Å²) >= 11 is 0. The van der Waals surface area contributed by atoms with Gasteiger partial charge in [-0.25, -0.2) is 4.79 Å². The lowest BCUT2D eigenvalue weighted by Crippen LogP contribution is -2.26. The molecule has 2 aliphatic heterocycles. The van der Waals surface area contributed by atoms with E-state index in [2.05, 4.69) is 11.1 Å². The maximum absolute atomic E-state index is 10.7. The lowest BCUT2D eigenvalue weighted by Gasteiger charge is -2.18. The Kier molecular flexibility index (Phi) is 2.35. The molecule has 1 N–H and O–H groups in total. The molecule has 2 rings (SSSR count). The van der Waals surface area contributed by atoms with Gasteiger partial charge in [-0.2, -0.15) is 0 Å². The summed E-state index contributed by atoms with van der Waals surface area (Å²) in [6.45, 7) is 0.526. The first-order chi connectivity index (χ1) is 6.77. The average Bonchev–Trinajstić information content (AvgIpc) is 2.39. The summed E-state index contributed by atoms with van der Waals surface area (Å²) in [6, 6.07) is 0.209. The van der Waals surface area contributed by atoms with Gasteiger partial charge in [0.15, 0.2) is 0 Å². The smallest absolute Gasteiger partial charge is 0.411 e. The van der Waals surface area contributed by atoms with Crippen LogP contribution in [0.25, 0.3) is 0 Å². The van der Waals surface area contributed by atoms with E-state index in [9.17, 15) is 4.79 Å². The number of dihydropyridines is 1. The van der Waals surface area contributed by atoms with Crippen LogP contribution in [0.15, 0.2) is 29.4 Å². The van der Waals surface area contributed by atoms with Crippen molar-refractivity contribution < 1.29 is 9.90 Å².